The maximum Gasteiger partial charge on any atom is 0.435 e. The highest BCUT2D eigenvalue weighted by Gasteiger charge is 2.38. The monoisotopic (exact) mass is 337 g/mol. The van der Waals surface area contributed by atoms with Crippen molar-refractivity contribution in [1.82, 2.24) is 10.2 Å². The molecule has 0 radical (unpaired) electrons. The zero-order chi connectivity index (χ0) is 18.1. The van der Waals surface area contributed by atoms with Crippen molar-refractivity contribution < 1.29 is 27.8 Å². The van der Waals surface area contributed by atoms with Crippen molar-refractivity contribution in [2.75, 3.05) is 0 Å². The zero-order valence-electron chi connectivity index (χ0n) is 12.5. The molecule has 1 aromatic heterocycles. The topological polar surface area (TPSA) is 96.1 Å². The molecule has 0 aliphatic carbocycles. The van der Waals surface area contributed by atoms with Gasteiger partial charge in [0.05, 0.1) is 11.6 Å². The van der Waals surface area contributed by atoms with E-state index in [4.69, 9.17) is 10.00 Å². The van der Waals surface area contributed by atoms with Gasteiger partial charge in [0.1, 0.15) is 11.3 Å². The van der Waals surface area contributed by atoms with Crippen molar-refractivity contribution in [2.24, 2.45) is 0 Å². The molecule has 124 valence electrons. The zero-order valence-corrected chi connectivity index (χ0v) is 12.5. The van der Waals surface area contributed by atoms with Gasteiger partial charge in [0, 0.05) is 5.56 Å². The fraction of sp³-hybridized carbons (Fsp3) is 0.200. The smallest absolute Gasteiger partial charge is 0.435 e. The number of rotatable bonds is 3. The average Bonchev–Trinajstić information content (AvgIpc) is 2.47. The van der Waals surface area contributed by atoms with Crippen LogP contribution < -0.4 is 4.74 Å². The summed E-state index contributed by atoms with van der Waals surface area (Å²) in [6.45, 7) is 2.58. The van der Waals surface area contributed by atoms with Crippen molar-refractivity contribution >= 4 is 5.97 Å². The standard InChI is InChI=1S/C15H10F3N3O3/c1-7-5-9(6-19)3-4-10(7)24-13-11(14(22)23)8(2)12(20-21-13)15(16,17)18/h3-5H,1-2H3,(H,22,23). The van der Waals surface area contributed by atoms with E-state index in [1.54, 1.807) is 6.92 Å². The summed E-state index contributed by atoms with van der Waals surface area (Å²) in [5, 5.41) is 24.3. The lowest BCUT2D eigenvalue weighted by Gasteiger charge is -2.14. The number of ether oxygens (including phenoxy) is 1. The molecule has 0 saturated heterocycles. The lowest BCUT2D eigenvalue weighted by Crippen LogP contribution is -2.17. The van der Waals surface area contributed by atoms with Gasteiger partial charge in [0.25, 0.3) is 5.88 Å². The lowest BCUT2D eigenvalue weighted by atomic mass is 10.1. The van der Waals surface area contributed by atoms with Gasteiger partial charge in [0.15, 0.2) is 5.69 Å². The summed E-state index contributed by atoms with van der Waals surface area (Å²) in [6, 6.07) is 6.23. The maximum atomic E-state index is 12.8. The Morgan fingerprint density at radius 2 is 1.96 bits per heavy atom. The second-order valence-electron chi connectivity index (χ2n) is 4.85. The van der Waals surface area contributed by atoms with Crippen LogP contribution in [0.25, 0.3) is 0 Å². The predicted octanol–water partition coefficient (Wildman–Crippen LogP) is 3.47. The molecule has 0 amide bonds. The van der Waals surface area contributed by atoms with Crippen LogP contribution in [0.5, 0.6) is 11.6 Å². The summed E-state index contributed by atoms with van der Waals surface area (Å²) in [5.74, 6) is -2.01. The van der Waals surface area contributed by atoms with E-state index in [2.05, 4.69) is 10.2 Å². The number of aromatic carboxylic acids is 1. The van der Waals surface area contributed by atoms with Crippen LogP contribution in [0, 0.1) is 25.2 Å². The summed E-state index contributed by atoms with van der Waals surface area (Å²) in [7, 11) is 0. The molecule has 24 heavy (non-hydrogen) atoms. The highest BCUT2D eigenvalue weighted by atomic mass is 19.4. The van der Waals surface area contributed by atoms with Gasteiger partial charge in [-0.3, -0.25) is 0 Å². The number of alkyl halides is 3. The van der Waals surface area contributed by atoms with E-state index in [0.717, 1.165) is 6.92 Å². The van der Waals surface area contributed by atoms with E-state index in [1.165, 1.54) is 18.2 Å². The molecule has 1 heterocycles. The van der Waals surface area contributed by atoms with Crippen molar-refractivity contribution in [3.05, 3.63) is 46.1 Å². The number of hydrogen-bond acceptors (Lipinski definition) is 5. The minimum atomic E-state index is -4.83. The Morgan fingerprint density at radius 3 is 2.46 bits per heavy atom. The number of carboxylic acids is 1. The normalized spacial score (nSPS) is 11.0. The molecule has 1 aromatic carbocycles. The van der Waals surface area contributed by atoms with E-state index in [0.29, 0.717) is 11.1 Å². The van der Waals surface area contributed by atoms with Crippen LogP contribution in [-0.2, 0) is 6.18 Å². The molecule has 0 saturated carbocycles. The molecular formula is C15H10F3N3O3. The number of aromatic nitrogens is 2. The first-order valence-corrected chi connectivity index (χ1v) is 6.51. The summed E-state index contributed by atoms with van der Waals surface area (Å²) < 4.78 is 43.8. The number of benzene rings is 1. The summed E-state index contributed by atoms with van der Waals surface area (Å²) in [5.41, 5.74) is -1.85. The van der Waals surface area contributed by atoms with Crippen LogP contribution in [0.2, 0.25) is 0 Å². The third-order valence-electron chi connectivity index (χ3n) is 3.18. The Kier molecular flexibility index (Phi) is 4.41. The molecule has 0 fully saturated rings. The van der Waals surface area contributed by atoms with Crippen LogP contribution in [0.15, 0.2) is 18.2 Å². The number of carbonyl (C=O) groups is 1. The fourth-order valence-corrected chi connectivity index (χ4v) is 2.03. The summed E-state index contributed by atoms with van der Waals surface area (Å²) in [6.07, 6.45) is -4.83. The Labute approximate surface area is 134 Å². The molecule has 2 rings (SSSR count). The number of nitrogens with zero attached hydrogens (tertiary/aromatic N) is 3. The van der Waals surface area contributed by atoms with E-state index < -0.39 is 34.8 Å². The fourth-order valence-electron chi connectivity index (χ4n) is 2.03. The van der Waals surface area contributed by atoms with Crippen LogP contribution in [0.3, 0.4) is 0 Å². The Hall–Kier alpha value is -3.15. The number of hydrogen-bond donors (Lipinski definition) is 1. The number of carboxylic acid groups (broad SMARTS) is 1. The van der Waals surface area contributed by atoms with E-state index >= 15 is 0 Å². The highest BCUT2D eigenvalue weighted by molar-refractivity contribution is 5.92. The molecule has 0 spiro atoms. The molecule has 0 bridgehead atoms. The molecular weight excluding hydrogens is 327 g/mol. The Morgan fingerprint density at radius 1 is 1.29 bits per heavy atom. The third-order valence-corrected chi connectivity index (χ3v) is 3.18. The largest absolute Gasteiger partial charge is 0.477 e. The summed E-state index contributed by atoms with van der Waals surface area (Å²) in [4.78, 5) is 11.3. The van der Waals surface area contributed by atoms with Gasteiger partial charge in [0.2, 0.25) is 0 Å². The van der Waals surface area contributed by atoms with Crippen LogP contribution in [0.1, 0.15) is 32.7 Å². The Balaban J connectivity index is 2.54. The molecule has 9 heteroatoms. The lowest BCUT2D eigenvalue weighted by molar-refractivity contribution is -0.142. The first kappa shape index (κ1) is 17.2. The Bertz CT molecular complexity index is 858. The molecule has 0 unspecified atom stereocenters. The average molecular weight is 337 g/mol. The first-order chi connectivity index (χ1) is 11.1. The molecule has 1 N–H and O–H groups in total. The van der Waals surface area contributed by atoms with E-state index in [-0.39, 0.29) is 5.75 Å². The van der Waals surface area contributed by atoms with Crippen molar-refractivity contribution in [2.45, 2.75) is 20.0 Å². The SMILES string of the molecule is Cc1cc(C#N)ccc1Oc1nnc(C(F)(F)F)c(C)c1C(=O)O. The van der Waals surface area contributed by atoms with Crippen molar-refractivity contribution in [1.29, 1.82) is 5.26 Å². The van der Waals surface area contributed by atoms with Gasteiger partial charge >= 0.3 is 12.1 Å². The van der Waals surface area contributed by atoms with Gasteiger partial charge in [-0.1, -0.05) is 0 Å². The number of nitriles is 1. The van der Waals surface area contributed by atoms with Crippen LogP contribution >= 0.6 is 0 Å². The highest BCUT2D eigenvalue weighted by Crippen LogP contribution is 2.35. The van der Waals surface area contributed by atoms with Gasteiger partial charge < -0.3 is 9.84 Å². The third kappa shape index (κ3) is 3.27. The van der Waals surface area contributed by atoms with Crippen LogP contribution in [-0.4, -0.2) is 21.3 Å². The molecule has 6 nitrogen and oxygen atoms in total. The maximum absolute atomic E-state index is 12.8. The second-order valence-corrected chi connectivity index (χ2v) is 4.85. The minimum absolute atomic E-state index is 0.157. The molecule has 0 aliphatic heterocycles. The van der Waals surface area contributed by atoms with Gasteiger partial charge in [-0.05, 0) is 37.6 Å². The number of aryl methyl sites for hydroxylation is 1. The summed E-state index contributed by atoms with van der Waals surface area (Å²) >= 11 is 0. The molecule has 2 aromatic rings. The minimum Gasteiger partial charge on any atom is -0.477 e. The van der Waals surface area contributed by atoms with E-state index in [9.17, 15) is 23.1 Å². The number of halogens is 3. The van der Waals surface area contributed by atoms with E-state index in [1.807, 2.05) is 6.07 Å². The van der Waals surface area contributed by atoms with Gasteiger partial charge in [-0.15, -0.1) is 10.2 Å². The first-order valence-electron chi connectivity index (χ1n) is 6.51. The van der Waals surface area contributed by atoms with Crippen molar-refractivity contribution in [3.8, 4) is 17.7 Å². The van der Waals surface area contributed by atoms with Gasteiger partial charge in [-0.2, -0.15) is 18.4 Å². The second kappa shape index (κ2) is 6.16. The van der Waals surface area contributed by atoms with Gasteiger partial charge in [-0.25, -0.2) is 4.79 Å². The van der Waals surface area contributed by atoms with Crippen molar-refractivity contribution in [3.63, 3.8) is 0 Å². The molecule has 0 aliphatic rings. The quantitative estimate of drug-likeness (QED) is 0.921. The predicted molar refractivity (Wildman–Crippen MR) is 74.7 cm³/mol. The van der Waals surface area contributed by atoms with Crippen LogP contribution in [0.4, 0.5) is 13.2 Å². The molecule has 0 atom stereocenters.